The molecule has 0 spiro atoms. The molecular formula is C37H42ClF3N8O4. The molecule has 0 atom stereocenters. The lowest BCUT2D eigenvalue weighted by Crippen LogP contribution is -2.43. The summed E-state index contributed by atoms with van der Waals surface area (Å²) in [6.45, 7) is 2.91. The van der Waals surface area contributed by atoms with E-state index in [1.807, 2.05) is 26.0 Å². The molecule has 2 aliphatic rings. The molecule has 2 fully saturated rings. The summed E-state index contributed by atoms with van der Waals surface area (Å²) in [7, 11) is 0. The number of nitrogens with one attached hydrogen (secondary N) is 5. The van der Waals surface area contributed by atoms with Gasteiger partial charge in [0.2, 0.25) is 11.9 Å². The van der Waals surface area contributed by atoms with Crippen LogP contribution in [0.2, 0.25) is 5.02 Å². The molecule has 0 saturated heterocycles. The van der Waals surface area contributed by atoms with Gasteiger partial charge < -0.3 is 31.3 Å². The van der Waals surface area contributed by atoms with Crippen LogP contribution in [0.25, 0.3) is 0 Å². The number of amides is 1. The van der Waals surface area contributed by atoms with Crippen molar-refractivity contribution in [2.24, 2.45) is 5.41 Å². The molecular weight excluding hydrogens is 713 g/mol. The molecule has 1 amide bonds. The van der Waals surface area contributed by atoms with E-state index in [0.29, 0.717) is 34.2 Å². The van der Waals surface area contributed by atoms with Crippen LogP contribution in [0.5, 0.6) is 6.01 Å². The number of carbonyl (C=O) groups is 1. The molecule has 0 bridgehead atoms. The summed E-state index contributed by atoms with van der Waals surface area (Å²) in [5.74, 6) is -0.370. The van der Waals surface area contributed by atoms with Crippen molar-refractivity contribution in [1.29, 1.82) is 0 Å². The van der Waals surface area contributed by atoms with Gasteiger partial charge >= 0.3 is 12.2 Å². The molecule has 6 rings (SSSR count). The Labute approximate surface area is 309 Å². The molecule has 0 radical (unpaired) electrons. The molecule has 3 aromatic carbocycles. The summed E-state index contributed by atoms with van der Waals surface area (Å²) in [5.41, 5.74) is 0.400. The molecule has 53 heavy (non-hydrogen) atoms. The van der Waals surface area contributed by atoms with Gasteiger partial charge in [-0.05, 0) is 73.1 Å². The average Bonchev–Trinajstić information content (AvgIpc) is 3.94. The van der Waals surface area contributed by atoms with Crippen molar-refractivity contribution in [2.75, 3.05) is 41.0 Å². The monoisotopic (exact) mass is 754 g/mol. The largest absolute Gasteiger partial charge is 0.454 e. The molecule has 1 heterocycles. The van der Waals surface area contributed by atoms with E-state index in [4.69, 9.17) is 16.3 Å². The normalized spacial score (nSPS) is 16.0. The van der Waals surface area contributed by atoms with Gasteiger partial charge in [0.05, 0.1) is 5.54 Å². The van der Waals surface area contributed by atoms with Gasteiger partial charge in [-0.1, -0.05) is 63.3 Å². The molecule has 5 N–H and O–H groups in total. The highest BCUT2D eigenvalue weighted by Gasteiger charge is 2.45. The number of ether oxygens (including phenoxy) is 1. The van der Waals surface area contributed by atoms with E-state index >= 15 is 0 Å². The first kappa shape index (κ1) is 37.8. The Morgan fingerprint density at radius 1 is 0.868 bits per heavy atom. The Hall–Kier alpha value is -4.92. The maximum absolute atomic E-state index is 13.1. The predicted octanol–water partition coefficient (Wildman–Crippen LogP) is 6.91. The van der Waals surface area contributed by atoms with Gasteiger partial charge in [-0.3, -0.25) is 14.4 Å². The van der Waals surface area contributed by atoms with E-state index < -0.39 is 40.6 Å². The second kappa shape index (κ2) is 15.6. The van der Waals surface area contributed by atoms with E-state index in [0.717, 1.165) is 44.1 Å². The van der Waals surface area contributed by atoms with Crippen LogP contribution in [0.4, 0.5) is 42.1 Å². The van der Waals surface area contributed by atoms with Crippen molar-refractivity contribution in [2.45, 2.75) is 83.0 Å². The van der Waals surface area contributed by atoms with Crippen molar-refractivity contribution < 1.29 is 22.7 Å². The number of hydrogen-bond donors (Lipinski definition) is 5. The minimum Gasteiger partial charge on any atom is -0.454 e. The summed E-state index contributed by atoms with van der Waals surface area (Å²) in [6, 6.07) is 13.3. The first-order valence-corrected chi connectivity index (χ1v) is 18.1. The van der Waals surface area contributed by atoms with E-state index in [1.54, 1.807) is 36.4 Å². The fourth-order valence-electron chi connectivity index (χ4n) is 6.24. The molecule has 16 heteroatoms. The smallest absolute Gasteiger partial charge is 0.422 e. The van der Waals surface area contributed by atoms with Crippen molar-refractivity contribution in [1.82, 2.24) is 20.3 Å². The van der Waals surface area contributed by atoms with Crippen molar-refractivity contribution in [3.8, 4) is 6.01 Å². The predicted molar refractivity (Wildman–Crippen MR) is 198 cm³/mol. The van der Waals surface area contributed by atoms with Crippen LogP contribution in [-0.4, -0.2) is 52.8 Å². The third kappa shape index (κ3) is 9.95. The minimum absolute atomic E-state index is 0.0249. The Kier molecular flexibility index (Phi) is 11.1. The van der Waals surface area contributed by atoms with Crippen molar-refractivity contribution in [3.63, 3.8) is 0 Å². The number of anilines is 5. The van der Waals surface area contributed by atoms with Gasteiger partial charge in [0, 0.05) is 35.4 Å². The van der Waals surface area contributed by atoms with Crippen LogP contribution in [-0.2, 0) is 5.54 Å². The highest BCUT2D eigenvalue weighted by Crippen LogP contribution is 2.48. The number of alkyl halides is 3. The SMILES string of the molecule is CC(C)(CNC(=O)c1ccc(Nc2nc(NC3(c4ccc(Cl)cc4)CC3)nc(OCC(F)(F)F)n2)cc1)CNc1c(NC2CCCCCC2)c(=O)c1=O. The number of hydrogen-bond acceptors (Lipinski definition) is 11. The topological polar surface area (TPSA) is 159 Å². The molecule has 2 saturated carbocycles. The van der Waals surface area contributed by atoms with E-state index in [9.17, 15) is 27.6 Å². The minimum atomic E-state index is -4.60. The number of aromatic nitrogens is 3. The summed E-state index contributed by atoms with van der Waals surface area (Å²) in [4.78, 5) is 50.2. The van der Waals surface area contributed by atoms with Gasteiger partial charge in [-0.25, -0.2) is 0 Å². The Morgan fingerprint density at radius 2 is 1.51 bits per heavy atom. The summed E-state index contributed by atoms with van der Waals surface area (Å²) >= 11 is 6.04. The third-order valence-electron chi connectivity index (χ3n) is 9.47. The lowest BCUT2D eigenvalue weighted by molar-refractivity contribution is -0.154. The van der Waals surface area contributed by atoms with Crippen LogP contribution >= 0.6 is 11.6 Å². The number of halogens is 4. The highest BCUT2D eigenvalue weighted by molar-refractivity contribution is 6.30. The quantitative estimate of drug-likeness (QED) is 0.0634. The van der Waals surface area contributed by atoms with Gasteiger partial charge in [-0.15, -0.1) is 0 Å². The zero-order valence-corrected chi connectivity index (χ0v) is 30.2. The average molecular weight is 755 g/mol. The molecule has 2 aliphatic carbocycles. The van der Waals surface area contributed by atoms with Crippen LogP contribution in [0, 0.1) is 5.41 Å². The van der Waals surface area contributed by atoms with Gasteiger partial charge in [0.1, 0.15) is 11.4 Å². The van der Waals surface area contributed by atoms with Gasteiger partial charge in [0.15, 0.2) is 6.61 Å². The van der Waals surface area contributed by atoms with Crippen molar-refractivity contribution in [3.05, 3.63) is 85.1 Å². The first-order chi connectivity index (χ1) is 25.2. The van der Waals surface area contributed by atoms with Gasteiger partial charge in [0.25, 0.3) is 16.8 Å². The van der Waals surface area contributed by atoms with Gasteiger partial charge in [-0.2, -0.15) is 28.1 Å². The molecule has 282 valence electrons. The Bertz CT molecular complexity index is 1970. The molecule has 4 aromatic rings. The fourth-order valence-corrected chi connectivity index (χ4v) is 6.37. The fraction of sp³-hybridized carbons (Fsp3) is 0.459. The maximum Gasteiger partial charge on any atom is 0.422 e. The summed E-state index contributed by atoms with van der Waals surface area (Å²) in [5, 5.41) is 16.1. The number of carbonyl (C=O) groups excluding carboxylic acids is 1. The third-order valence-corrected chi connectivity index (χ3v) is 9.72. The summed E-state index contributed by atoms with van der Waals surface area (Å²) in [6.07, 6.45) is 3.38. The molecule has 0 aliphatic heterocycles. The van der Waals surface area contributed by atoms with E-state index in [2.05, 4.69) is 41.5 Å². The van der Waals surface area contributed by atoms with Crippen LogP contribution < -0.4 is 42.2 Å². The second-order valence-electron chi connectivity index (χ2n) is 14.5. The standard InChI is InChI=1S/C37H42ClF3N8O4/c1-35(2,19-42-27-28(30(51)29(27)50)44-25-7-5-3-4-6-8-25)20-43-31(52)22-9-15-26(16-10-22)45-32-46-33(48-34(47-32)53-21-37(39,40)41)49-36(17-18-36)23-11-13-24(38)14-12-23/h9-16,25,42,44H,3-8,17-21H2,1-2H3,(H,43,52)(H2,45,46,47,48,49). The summed E-state index contributed by atoms with van der Waals surface area (Å²) < 4.78 is 43.7. The zero-order chi connectivity index (χ0) is 37.8. The lowest BCUT2D eigenvalue weighted by Gasteiger charge is -2.27. The highest BCUT2D eigenvalue weighted by atomic mass is 35.5. The molecule has 1 aromatic heterocycles. The van der Waals surface area contributed by atoms with Crippen LogP contribution in [0.3, 0.4) is 0 Å². The second-order valence-corrected chi connectivity index (χ2v) is 15.0. The van der Waals surface area contributed by atoms with Crippen LogP contribution in [0.15, 0.2) is 58.1 Å². The number of benzene rings is 2. The zero-order valence-electron chi connectivity index (χ0n) is 29.5. The maximum atomic E-state index is 13.1. The number of rotatable bonds is 15. The molecule has 12 nitrogen and oxygen atoms in total. The molecule has 0 unspecified atom stereocenters. The van der Waals surface area contributed by atoms with E-state index in [-0.39, 0.29) is 30.4 Å². The Balaban J connectivity index is 1.06. The van der Waals surface area contributed by atoms with E-state index in [1.165, 1.54) is 12.8 Å². The first-order valence-electron chi connectivity index (χ1n) is 17.7. The van der Waals surface area contributed by atoms with Crippen molar-refractivity contribution >= 4 is 46.5 Å². The van der Waals surface area contributed by atoms with Crippen LogP contribution in [0.1, 0.15) is 81.1 Å². The Morgan fingerprint density at radius 3 is 2.15 bits per heavy atom. The lowest BCUT2D eigenvalue weighted by atomic mass is 9.92. The number of nitrogens with zero attached hydrogens (tertiary/aromatic N) is 3.